The van der Waals surface area contributed by atoms with E-state index in [9.17, 15) is 0 Å². The van der Waals surface area contributed by atoms with Crippen LogP contribution >= 0.6 is 0 Å². The van der Waals surface area contributed by atoms with Gasteiger partial charge in [0.05, 0.1) is 0 Å². The molecule has 2 aliphatic rings. The minimum absolute atomic E-state index is 0.526. The normalized spacial score (nSPS) is 44.4. The summed E-state index contributed by atoms with van der Waals surface area (Å²) in [5, 5.41) is 0. The summed E-state index contributed by atoms with van der Waals surface area (Å²) in [5.41, 5.74) is 1.13. The van der Waals surface area contributed by atoms with Gasteiger partial charge < -0.3 is 0 Å². The van der Waals surface area contributed by atoms with E-state index in [2.05, 4.69) is 34.6 Å². The summed E-state index contributed by atoms with van der Waals surface area (Å²) < 4.78 is 0. The van der Waals surface area contributed by atoms with Gasteiger partial charge in [0.1, 0.15) is 0 Å². The van der Waals surface area contributed by atoms with Crippen molar-refractivity contribution in [1.29, 1.82) is 0 Å². The predicted molar refractivity (Wildman–Crippen MR) is 71.4 cm³/mol. The number of hydrogen-bond acceptors (Lipinski definition) is 0. The van der Waals surface area contributed by atoms with Gasteiger partial charge in [-0.1, -0.05) is 60.3 Å². The second-order valence-electron chi connectivity index (χ2n) is 7.48. The van der Waals surface area contributed by atoms with Crippen molar-refractivity contribution in [2.24, 2.45) is 28.6 Å². The Morgan fingerprint density at radius 2 is 1.94 bits per heavy atom. The average Bonchev–Trinajstić information content (AvgIpc) is 2.46. The van der Waals surface area contributed by atoms with Crippen LogP contribution in [-0.4, -0.2) is 0 Å². The van der Waals surface area contributed by atoms with Gasteiger partial charge in [0.25, 0.3) is 0 Å². The summed E-state index contributed by atoms with van der Waals surface area (Å²) >= 11 is 0. The maximum Gasteiger partial charge on any atom is -0.0241 e. The van der Waals surface area contributed by atoms with E-state index in [4.69, 9.17) is 0 Å². The smallest absolute Gasteiger partial charge is 0.0241 e. The Hall–Kier alpha value is 0. The van der Waals surface area contributed by atoms with Crippen molar-refractivity contribution < 1.29 is 0 Å². The second-order valence-corrected chi connectivity index (χ2v) is 7.48. The Labute approximate surface area is 102 Å². The monoisotopic (exact) mass is 222 g/mol. The summed E-state index contributed by atoms with van der Waals surface area (Å²) in [6.45, 7) is 12.5. The molecule has 0 saturated heterocycles. The van der Waals surface area contributed by atoms with Crippen molar-refractivity contribution in [2.45, 2.75) is 73.1 Å². The van der Waals surface area contributed by atoms with Crippen molar-refractivity contribution in [2.75, 3.05) is 0 Å². The third kappa shape index (κ3) is 1.73. The van der Waals surface area contributed by atoms with Crippen molar-refractivity contribution in [1.82, 2.24) is 0 Å². The molecule has 0 nitrogen and oxygen atoms in total. The van der Waals surface area contributed by atoms with Gasteiger partial charge in [0, 0.05) is 0 Å². The Morgan fingerprint density at radius 3 is 2.56 bits per heavy atom. The predicted octanol–water partition coefficient (Wildman–Crippen LogP) is 5.28. The first-order valence-electron chi connectivity index (χ1n) is 7.40. The van der Waals surface area contributed by atoms with Gasteiger partial charge in [-0.2, -0.15) is 0 Å². The molecule has 0 heterocycles. The summed E-state index contributed by atoms with van der Waals surface area (Å²) in [6, 6.07) is 0. The zero-order valence-electron chi connectivity index (χ0n) is 12.0. The molecule has 16 heavy (non-hydrogen) atoms. The first-order valence-corrected chi connectivity index (χ1v) is 7.40. The SMILES string of the molecule is CCC(C)(C)[C@]1(C)CC2CCCC(C)C1C2. The highest BCUT2D eigenvalue weighted by atomic mass is 14.6. The van der Waals surface area contributed by atoms with Gasteiger partial charge in [0.15, 0.2) is 0 Å². The van der Waals surface area contributed by atoms with Crippen molar-refractivity contribution in [3.05, 3.63) is 0 Å². The standard InChI is InChI=1S/C16H30/c1-6-15(3,4)16(5)11-13-9-7-8-12(2)14(16)10-13/h12-14H,6-11H2,1-5H3/t12?,13?,14?,16-/m1/s1. The second kappa shape index (κ2) is 4.03. The molecule has 3 unspecified atom stereocenters. The van der Waals surface area contributed by atoms with Crippen LogP contribution in [0.2, 0.25) is 0 Å². The van der Waals surface area contributed by atoms with Gasteiger partial charge in [-0.15, -0.1) is 0 Å². The molecule has 94 valence electrons. The Morgan fingerprint density at radius 1 is 1.25 bits per heavy atom. The lowest BCUT2D eigenvalue weighted by molar-refractivity contribution is 0.00889. The molecule has 2 rings (SSSR count). The minimum Gasteiger partial charge on any atom is -0.0649 e. The molecular weight excluding hydrogens is 192 g/mol. The van der Waals surface area contributed by atoms with Crippen LogP contribution in [0.5, 0.6) is 0 Å². The van der Waals surface area contributed by atoms with Crippen LogP contribution in [0.4, 0.5) is 0 Å². The molecule has 0 aromatic heterocycles. The van der Waals surface area contributed by atoms with Crippen LogP contribution in [0.3, 0.4) is 0 Å². The van der Waals surface area contributed by atoms with Crippen molar-refractivity contribution in [3.8, 4) is 0 Å². The molecule has 0 aromatic carbocycles. The first-order chi connectivity index (χ1) is 7.40. The van der Waals surface area contributed by atoms with Gasteiger partial charge in [-0.25, -0.2) is 0 Å². The first kappa shape index (κ1) is 12.5. The zero-order valence-corrected chi connectivity index (χ0v) is 12.0. The van der Waals surface area contributed by atoms with E-state index in [1.807, 2.05) is 0 Å². The van der Waals surface area contributed by atoms with E-state index in [0.717, 1.165) is 17.8 Å². The number of rotatable bonds is 2. The Kier molecular flexibility index (Phi) is 3.14. The maximum atomic E-state index is 2.60. The van der Waals surface area contributed by atoms with E-state index in [1.165, 1.54) is 38.5 Å². The minimum atomic E-state index is 0.526. The van der Waals surface area contributed by atoms with Crippen molar-refractivity contribution >= 4 is 0 Å². The fraction of sp³-hybridized carbons (Fsp3) is 1.00. The molecule has 0 N–H and O–H groups in total. The van der Waals surface area contributed by atoms with Gasteiger partial charge in [0.2, 0.25) is 0 Å². The van der Waals surface area contributed by atoms with Crippen LogP contribution in [0.15, 0.2) is 0 Å². The highest BCUT2D eigenvalue weighted by Crippen LogP contribution is 2.62. The van der Waals surface area contributed by atoms with Crippen LogP contribution in [0.25, 0.3) is 0 Å². The third-order valence-electron chi connectivity index (χ3n) is 6.51. The van der Waals surface area contributed by atoms with E-state index in [-0.39, 0.29) is 0 Å². The topological polar surface area (TPSA) is 0 Å². The fourth-order valence-electron chi connectivity index (χ4n) is 4.65. The fourth-order valence-corrected chi connectivity index (χ4v) is 4.65. The Balaban J connectivity index is 2.28. The molecule has 2 aliphatic carbocycles. The molecule has 4 atom stereocenters. The molecule has 0 heteroatoms. The molecular formula is C16H30. The molecule has 0 spiro atoms. The molecule has 0 amide bonds. The summed E-state index contributed by atoms with van der Waals surface area (Å²) in [5.74, 6) is 3.00. The van der Waals surface area contributed by atoms with Gasteiger partial charge in [-0.3, -0.25) is 0 Å². The molecule has 2 saturated carbocycles. The number of hydrogen-bond donors (Lipinski definition) is 0. The average molecular weight is 222 g/mol. The van der Waals surface area contributed by atoms with Crippen LogP contribution in [0, 0.1) is 28.6 Å². The lowest BCUT2D eigenvalue weighted by Gasteiger charge is -2.48. The van der Waals surface area contributed by atoms with E-state index in [0.29, 0.717) is 10.8 Å². The molecule has 0 aliphatic heterocycles. The molecule has 0 aromatic rings. The Bertz CT molecular complexity index is 253. The summed E-state index contributed by atoms with van der Waals surface area (Å²) in [4.78, 5) is 0. The molecule has 0 radical (unpaired) electrons. The quantitative estimate of drug-likeness (QED) is 0.596. The molecule has 2 fully saturated rings. The van der Waals surface area contributed by atoms with Gasteiger partial charge >= 0.3 is 0 Å². The lowest BCUT2D eigenvalue weighted by atomic mass is 9.57. The third-order valence-corrected chi connectivity index (χ3v) is 6.51. The van der Waals surface area contributed by atoms with Crippen molar-refractivity contribution in [3.63, 3.8) is 0 Å². The highest BCUT2D eigenvalue weighted by molar-refractivity contribution is 5.03. The van der Waals surface area contributed by atoms with Crippen LogP contribution in [-0.2, 0) is 0 Å². The highest BCUT2D eigenvalue weighted by Gasteiger charge is 2.53. The molecule has 2 bridgehead atoms. The van der Waals surface area contributed by atoms with E-state index < -0.39 is 0 Å². The summed E-state index contributed by atoms with van der Waals surface area (Å²) in [6.07, 6.45) is 8.85. The lowest BCUT2D eigenvalue weighted by Crippen LogP contribution is -2.40. The summed E-state index contributed by atoms with van der Waals surface area (Å²) in [7, 11) is 0. The maximum absolute atomic E-state index is 2.60. The zero-order chi connectivity index (χ0) is 12.0. The number of fused-ring (bicyclic) bond motifs is 2. The van der Waals surface area contributed by atoms with Crippen LogP contribution in [0.1, 0.15) is 73.1 Å². The van der Waals surface area contributed by atoms with E-state index in [1.54, 1.807) is 0 Å². The van der Waals surface area contributed by atoms with Crippen LogP contribution < -0.4 is 0 Å². The largest absolute Gasteiger partial charge is 0.0649 e. The van der Waals surface area contributed by atoms with Gasteiger partial charge in [-0.05, 0) is 41.4 Å². The van der Waals surface area contributed by atoms with E-state index >= 15 is 0 Å².